The van der Waals surface area contributed by atoms with Crippen LogP contribution in [0.15, 0.2) is 60.8 Å². The van der Waals surface area contributed by atoms with Gasteiger partial charge in [-0.15, -0.1) is 0 Å². The molecule has 11 heteroatoms. The van der Waals surface area contributed by atoms with E-state index in [9.17, 15) is 31.5 Å². The lowest BCUT2D eigenvalue weighted by Gasteiger charge is -2.21. The second kappa shape index (κ2) is 10.8. The van der Waals surface area contributed by atoms with Crippen LogP contribution in [-0.2, 0) is 16.1 Å². The summed E-state index contributed by atoms with van der Waals surface area (Å²) in [6, 6.07) is 15.4. The van der Waals surface area contributed by atoms with Gasteiger partial charge in [0.05, 0.1) is 11.3 Å². The van der Waals surface area contributed by atoms with Crippen LogP contribution in [0, 0.1) is 6.92 Å². The van der Waals surface area contributed by atoms with Gasteiger partial charge in [-0.05, 0) is 62.1 Å². The molecule has 0 saturated carbocycles. The van der Waals surface area contributed by atoms with Crippen LogP contribution in [0.25, 0.3) is 11.1 Å². The minimum absolute atomic E-state index is 0.0735. The average molecular weight is 536 g/mol. The first kappa shape index (κ1) is 28.5. The Morgan fingerprint density at radius 3 is 2.16 bits per heavy atom. The van der Waals surface area contributed by atoms with Gasteiger partial charge < -0.3 is 15.4 Å². The van der Waals surface area contributed by atoms with Gasteiger partial charge in [0.1, 0.15) is 11.4 Å². The number of carbonyl (C=O) groups is 2. The second-order valence-electron chi connectivity index (χ2n) is 9.48. The SMILES string of the molecule is Cc1ccnc(NCc2ccc(-c3ccccc3C(=O)OC(C)(C)C)cc2)c1NC(=O)C(F)(F)C(F)(F)F. The second-order valence-corrected chi connectivity index (χ2v) is 9.48. The summed E-state index contributed by atoms with van der Waals surface area (Å²) in [6.45, 7) is 6.87. The molecule has 0 fully saturated rings. The van der Waals surface area contributed by atoms with Crippen molar-refractivity contribution >= 4 is 23.4 Å². The lowest BCUT2D eigenvalue weighted by molar-refractivity contribution is -0.267. The fraction of sp³-hybridized carbons (Fsp3) is 0.296. The molecule has 1 heterocycles. The Morgan fingerprint density at radius 1 is 0.921 bits per heavy atom. The van der Waals surface area contributed by atoms with E-state index in [1.165, 1.54) is 19.2 Å². The van der Waals surface area contributed by atoms with Gasteiger partial charge in [0.25, 0.3) is 0 Å². The van der Waals surface area contributed by atoms with Crippen molar-refractivity contribution in [1.29, 1.82) is 0 Å². The van der Waals surface area contributed by atoms with E-state index < -0.39 is 29.6 Å². The lowest BCUT2D eigenvalue weighted by atomic mass is 9.98. The number of aromatic nitrogens is 1. The van der Waals surface area contributed by atoms with Crippen LogP contribution >= 0.6 is 0 Å². The summed E-state index contributed by atoms with van der Waals surface area (Å²) in [5, 5.41) is 4.50. The minimum Gasteiger partial charge on any atom is -0.456 e. The molecule has 202 valence electrons. The van der Waals surface area contributed by atoms with Crippen LogP contribution in [0.4, 0.5) is 33.5 Å². The zero-order chi connectivity index (χ0) is 28.3. The molecule has 1 amide bonds. The van der Waals surface area contributed by atoms with Gasteiger partial charge in [-0.1, -0.05) is 42.5 Å². The number of hydrogen-bond donors (Lipinski definition) is 2. The topological polar surface area (TPSA) is 80.3 Å². The highest BCUT2D eigenvalue weighted by Crippen LogP contribution is 2.37. The number of anilines is 2. The van der Waals surface area contributed by atoms with Gasteiger partial charge in [0.15, 0.2) is 0 Å². The first-order valence-electron chi connectivity index (χ1n) is 11.5. The van der Waals surface area contributed by atoms with Crippen molar-refractivity contribution in [2.45, 2.75) is 51.9 Å². The Kier molecular flexibility index (Phi) is 8.09. The molecule has 0 aliphatic rings. The zero-order valence-corrected chi connectivity index (χ0v) is 21.0. The van der Waals surface area contributed by atoms with Crippen LogP contribution in [0.3, 0.4) is 0 Å². The van der Waals surface area contributed by atoms with Gasteiger partial charge >= 0.3 is 24.0 Å². The molecule has 0 unspecified atom stereocenters. The van der Waals surface area contributed by atoms with Crippen LogP contribution in [-0.4, -0.2) is 34.6 Å². The Bertz CT molecular complexity index is 1320. The monoisotopic (exact) mass is 535 g/mol. The molecular weight excluding hydrogens is 509 g/mol. The number of hydrogen-bond acceptors (Lipinski definition) is 5. The molecule has 0 aliphatic carbocycles. The number of nitrogens with zero attached hydrogens (tertiary/aromatic N) is 1. The molecule has 2 aromatic carbocycles. The average Bonchev–Trinajstić information content (AvgIpc) is 2.83. The van der Waals surface area contributed by atoms with E-state index in [1.807, 2.05) is 0 Å². The van der Waals surface area contributed by atoms with Crippen molar-refractivity contribution in [2.75, 3.05) is 10.6 Å². The maximum absolute atomic E-state index is 13.5. The number of pyridine rings is 1. The summed E-state index contributed by atoms with van der Waals surface area (Å²) in [4.78, 5) is 28.3. The largest absolute Gasteiger partial charge is 0.463 e. The summed E-state index contributed by atoms with van der Waals surface area (Å²) in [6.07, 6.45) is -4.71. The summed E-state index contributed by atoms with van der Waals surface area (Å²) in [5.74, 6) is -8.61. The highest BCUT2D eigenvalue weighted by molar-refractivity contribution is 5.99. The van der Waals surface area contributed by atoms with Gasteiger partial charge in [-0.2, -0.15) is 22.0 Å². The molecule has 0 spiro atoms. The van der Waals surface area contributed by atoms with E-state index in [0.29, 0.717) is 16.7 Å². The third kappa shape index (κ3) is 6.64. The molecule has 1 aromatic heterocycles. The van der Waals surface area contributed by atoms with Gasteiger partial charge in [0, 0.05) is 12.7 Å². The Hall–Kier alpha value is -4.02. The van der Waals surface area contributed by atoms with Crippen molar-refractivity contribution in [2.24, 2.45) is 0 Å². The Labute approximate surface area is 216 Å². The van der Waals surface area contributed by atoms with Crippen molar-refractivity contribution in [1.82, 2.24) is 4.98 Å². The summed E-state index contributed by atoms with van der Waals surface area (Å²) >= 11 is 0. The number of alkyl halides is 5. The lowest BCUT2D eigenvalue weighted by Crippen LogP contribution is -2.47. The molecule has 0 aliphatic heterocycles. The van der Waals surface area contributed by atoms with Gasteiger partial charge in [0.2, 0.25) is 0 Å². The van der Waals surface area contributed by atoms with E-state index in [0.717, 1.165) is 5.56 Å². The fourth-order valence-corrected chi connectivity index (χ4v) is 3.40. The van der Waals surface area contributed by atoms with Crippen molar-refractivity contribution < 1.29 is 36.3 Å². The van der Waals surface area contributed by atoms with Crippen molar-refractivity contribution in [3.05, 3.63) is 77.5 Å². The van der Waals surface area contributed by atoms with Gasteiger partial charge in [-0.25, -0.2) is 9.78 Å². The number of benzene rings is 2. The Balaban J connectivity index is 1.77. The molecule has 3 aromatic rings. The van der Waals surface area contributed by atoms with E-state index in [4.69, 9.17) is 4.74 Å². The third-order valence-corrected chi connectivity index (χ3v) is 5.31. The van der Waals surface area contributed by atoms with E-state index in [2.05, 4.69) is 10.3 Å². The fourth-order valence-electron chi connectivity index (χ4n) is 3.40. The molecule has 0 bridgehead atoms. The van der Waals surface area contributed by atoms with Crippen molar-refractivity contribution in [3.8, 4) is 11.1 Å². The number of ether oxygens (including phenoxy) is 1. The predicted octanol–water partition coefficient (Wildman–Crippen LogP) is 6.76. The van der Waals surface area contributed by atoms with Crippen LogP contribution in [0.2, 0.25) is 0 Å². The number of amides is 1. The number of nitrogens with one attached hydrogen (secondary N) is 2. The van der Waals surface area contributed by atoms with Crippen LogP contribution < -0.4 is 10.6 Å². The van der Waals surface area contributed by atoms with Gasteiger partial charge in [-0.3, -0.25) is 4.79 Å². The molecular formula is C27H26F5N3O3. The van der Waals surface area contributed by atoms with Crippen LogP contribution in [0.1, 0.15) is 42.3 Å². The highest BCUT2D eigenvalue weighted by Gasteiger charge is 2.63. The number of rotatable bonds is 7. The normalized spacial score (nSPS) is 12.1. The smallest absolute Gasteiger partial charge is 0.456 e. The minimum atomic E-state index is -6.04. The Morgan fingerprint density at radius 2 is 1.55 bits per heavy atom. The first-order chi connectivity index (χ1) is 17.6. The quantitative estimate of drug-likeness (QED) is 0.258. The number of carbonyl (C=O) groups excluding carboxylic acids is 2. The first-order valence-corrected chi connectivity index (χ1v) is 11.5. The summed E-state index contributed by atoms with van der Waals surface area (Å²) in [7, 11) is 0. The molecule has 6 nitrogen and oxygen atoms in total. The number of halogens is 5. The summed E-state index contributed by atoms with van der Waals surface area (Å²) in [5.41, 5.74) is 1.80. The van der Waals surface area contributed by atoms with E-state index >= 15 is 0 Å². The molecule has 0 atom stereocenters. The number of esters is 1. The molecule has 0 saturated heterocycles. The standard InChI is InChI=1S/C27H26F5N3O3/c1-16-13-14-33-22(21(16)35-24(37)26(28,29)27(30,31)32)34-15-17-9-11-18(12-10-17)19-7-5-6-8-20(19)23(36)38-25(2,3)4/h5-14H,15H2,1-4H3,(H,33,34)(H,35,37). The van der Waals surface area contributed by atoms with E-state index in [1.54, 1.807) is 74.6 Å². The maximum atomic E-state index is 13.5. The third-order valence-electron chi connectivity index (χ3n) is 5.31. The van der Waals surface area contributed by atoms with E-state index in [-0.39, 0.29) is 23.6 Å². The molecule has 2 N–H and O–H groups in total. The summed E-state index contributed by atoms with van der Waals surface area (Å²) < 4.78 is 70.2. The number of aryl methyl sites for hydroxylation is 1. The molecule has 38 heavy (non-hydrogen) atoms. The highest BCUT2D eigenvalue weighted by atomic mass is 19.4. The zero-order valence-electron chi connectivity index (χ0n) is 21.0. The van der Waals surface area contributed by atoms with Crippen LogP contribution in [0.5, 0.6) is 0 Å². The predicted molar refractivity (Wildman–Crippen MR) is 133 cm³/mol. The van der Waals surface area contributed by atoms with Crippen molar-refractivity contribution in [3.63, 3.8) is 0 Å². The molecule has 3 rings (SSSR count). The maximum Gasteiger partial charge on any atom is 0.463 e. The molecule has 0 radical (unpaired) electrons.